The predicted molar refractivity (Wildman–Crippen MR) is 109 cm³/mol. The van der Waals surface area contributed by atoms with Gasteiger partial charge in [0.1, 0.15) is 0 Å². The van der Waals surface area contributed by atoms with Crippen LogP contribution in [-0.2, 0) is 4.79 Å². The Morgan fingerprint density at radius 3 is 2.63 bits per heavy atom. The van der Waals surface area contributed by atoms with Crippen molar-refractivity contribution >= 4 is 22.4 Å². The third-order valence-corrected chi connectivity index (χ3v) is 5.74. The Kier molecular flexibility index (Phi) is 3.48. The summed E-state index contributed by atoms with van der Waals surface area (Å²) in [4.78, 5) is 17.8. The van der Waals surface area contributed by atoms with Crippen LogP contribution in [0.5, 0.6) is 0 Å². The number of anilines is 1. The predicted octanol–water partition coefficient (Wildman–Crippen LogP) is 5.44. The van der Waals surface area contributed by atoms with Crippen molar-refractivity contribution in [3.63, 3.8) is 0 Å². The van der Waals surface area contributed by atoms with Gasteiger partial charge in [0.2, 0.25) is 0 Å². The molecule has 5 rings (SSSR count). The lowest BCUT2D eigenvalue weighted by Crippen LogP contribution is -2.33. The number of benzene rings is 2. The molecule has 1 aliphatic heterocycles. The first-order valence-electron chi connectivity index (χ1n) is 9.49. The van der Waals surface area contributed by atoms with E-state index in [2.05, 4.69) is 66.6 Å². The summed E-state index contributed by atoms with van der Waals surface area (Å²) in [7, 11) is 0. The van der Waals surface area contributed by atoms with E-state index in [-0.39, 0.29) is 17.1 Å². The summed E-state index contributed by atoms with van der Waals surface area (Å²) < 4.78 is 0. The van der Waals surface area contributed by atoms with E-state index in [1.54, 1.807) is 0 Å². The van der Waals surface area contributed by atoms with Gasteiger partial charge in [-0.15, -0.1) is 0 Å². The van der Waals surface area contributed by atoms with Gasteiger partial charge in [-0.05, 0) is 41.2 Å². The number of rotatable bonds is 1. The van der Waals surface area contributed by atoms with Crippen molar-refractivity contribution in [2.75, 3.05) is 5.32 Å². The zero-order valence-corrected chi connectivity index (χ0v) is 15.6. The van der Waals surface area contributed by atoms with Crippen molar-refractivity contribution < 1.29 is 4.79 Å². The molecule has 1 aliphatic carbocycles. The van der Waals surface area contributed by atoms with Crippen molar-refractivity contribution in [1.82, 2.24) is 4.98 Å². The first kappa shape index (κ1) is 16.2. The molecule has 0 amide bonds. The molecule has 27 heavy (non-hydrogen) atoms. The van der Waals surface area contributed by atoms with Crippen LogP contribution in [0.2, 0.25) is 0 Å². The molecule has 0 saturated heterocycles. The standard InChI is InChI=1S/C24H22N2O/c1-24(2)13-19-23(20(27)14-24)21(15-7-4-3-5-8-15)22-16-9-6-12-25-17(16)10-11-18(22)26-19/h3-12,21,26H,13-14H2,1-2H3/t21-/m0/s1. The second kappa shape index (κ2) is 5.78. The highest BCUT2D eigenvalue weighted by molar-refractivity contribution is 6.04. The Morgan fingerprint density at radius 2 is 1.81 bits per heavy atom. The largest absolute Gasteiger partial charge is 0.358 e. The van der Waals surface area contributed by atoms with Crippen molar-refractivity contribution in [2.24, 2.45) is 5.41 Å². The van der Waals surface area contributed by atoms with Gasteiger partial charge in [-0.2, -0.15) is 0 Å². The fourth-order valence-electron chi connectivity index (χ4n) is 4.66. The Hall–Kier alpha value is -2.94. The average molecular weight is 354 g/mol. The van der Waals surface area contributed by atoms with E-state index in [4.69, 9.17) is 0 Å². The van der Waals surface area contributed by atoms with Crippen molar-refractivity contribution in [3.8, 4) is 0 Å². The number of carbonyl (C=O) groups is 1. The lowest BCUT2D eigenvalue weighted by atomic mass is 9.68. The van der Waals surface area contributed by atoms with Gasteiger partial charge in [-0.1, -0.05) is 50.2 Å². The second-order valence-electron chi connectivity index (χ2n) is 8.40. The quantitative estimate of drug-likeness (QED) is 0.633. The molecule has 3 aromatic rings. The average Bonchev–Trinajstić information content (AvgIpc) is 2.66. The van der Waals surface area contributed by atoms with Crippen LogP contribution < -0.4 is 5.32 Å². The topological polar surface area (TPSA) is 42.0 Å². The maximum atomic E-state index is 13.3. The maximum absolute atomic E-state index is 13.3. The molecule has 0 bridgehead atoms. The molecule has 2 aliphatic rings. The van der Waals surface area contributed by atoms with Crippen LogP contribution in [0.1, 0.15) is 43.7 Å². The van der Waals surface area contributed by atoms with Gasteiger partial charge in [-0.25, -0.2) is 0 Å². The van der Waals surface area contributed by atoms with Gasteiger partial charge in [-0.3, -0.25) is 9.78 Å². The molecule has 0 fully saturated rings. The summed E-state index contributed by atoms with van der Waals surface area (Å²) in [5.41, 5.74) is 6.39. The van der Waals surface area contributed by atoms with Gasteiger partial charge < -0.3 is 5.32 Å². The highest BCUT2D eigenvalue weighted by Gasteiger charge is 2.41. The van der Waals surface area contributed by atoms with Crippen LogP contribution in [0.3, 0.4) is 0 Å². The molecule has 0 saturated carbocycles. The molecule has 0 radical (unpaired) electrons. The van der Waals surface area contributed by atoms with Crippen molar-refractivity contribution in [3.05, 3.63) is 83.2 Å². The summed E-state index contributed by atoms with van der Waals surface area (Å²) in [6, 6.07) is 18.6. The maximum Gasteiger partial charge on any atom is 0.162 e. The molecule has 2 aromatic carbocycles. The lowest BCUT2D eigenvalue weighted by Gasteiger charge is -2.39. The van der Waals surface area contributed by atoms with E-state index in [0.717, 1.165) is 39.8 Å². The molecule has 0 unspecified atom stereocenters. The number of carbonyl (C=O) groups excluding carboxylic acids is 1. The monoisotopic (exact) mass is 354 g/mol. The van der Waals surface area contributed by atoms with E-state index < -0.39 is 0 Å². The number of allylic oxidation sites excluding steroid dienone is 2. The third kappa shape index (κ3) is 2.57. The molecule has 134 valence electrons. The van der Waals surface area contributed by atoms with Gasteiger partial charge in [0, 0.05) is 40.9 Å². The van der Waals surface area contributed by atoms with Gasteiger partial charge >= 0.3 is 0 Å². The number of hydrogen-bond acceptors (Lipinski definition) is 3. The molecule has 3 heteroatoms. The molecular weight excluding hydrogens is 332 g/mol. The highest BCUT2D eigenvalue weighted by Crippen LogP contribution is 2.50. The number of aromatic nitrogens is 1. The Labute approximate surface area is 159 Å². The Bertz CT molecular complexity index is 1100. The Morgan fingerprint density at radius 1 is 1.00 bits per heavy atom. The first-order chi connectivity index (χ1) is 13.0. The molecule has 3 nitrogen and oxygen atoms in total. The summed E-state index contributed by atoms with van der Waals surface area (Å²) in [5.74, 6) is 0.211. The van der Waals surface area contributed by atoms with E-state index >= 15 is 0 Å². The number of ketones is 1. The summed E-state index contributed by atoms with van der Waals surface area (Å²) in [6.07, 6.45) is 3.30. The number of nitrogens with zero attached hydrogens (tertiary/aromatic N) is 1. The number of fused-ring (bicyclic) bond motifs is 3. The fraction of sp³-hybridized carbons (Fsp3) is 0.250. The van der Waals surface area contributed by atoms with E-state index in [9.17, 15) is 4.79 Å². The van der Waals surface area contributed by atoms with E-state index in [1.807, 2.05) is 18.3 Å². The van der Waals surface area contributed by atoms with Gasteiger partial charge in [0.05, 0.1) is 5.52 Å². The fourth-order valence-corrected chi connectivity index (χ4v) is 4.66. The highest BCUT2D eigenvalue weighted by atomic mass is 16.1. The van der Waals surface area contributed by atoms with Gasteiger partial charge in [0.15, 0.2) is 5.78 Å². The van der Waals surface area contributed by atoms with Crippen LogP contribution in [0, 0.1) is 5.41 Å². The zero-order chi connectivity index (χ0) is 18.6. The zero-order valence-electron chi connectivity index (χ0n) is 15.6. The minimum atomic E-state index is -0.0473. The Balaban J connectivity index is 1.82. The van der Waals surface area contributed by atoms with Crippen LogP contribution in [0.25, 0.3) is 10.9 Å². The SMILES string of the molecule is CC1(C)CC(=O)C2=C(C1)Nc1ccc3ncccc3c1[C@@H]2c1ccccc1. The molecule has 0 spiro atoms. The molecule has 1 N–H and O–H groups in total. The van der Waals surface area contributed by atoms with Crippen LogP contribution in [0.4, 0.5) is 5.69 Å². The summed E-state index contributed by atoms with van der Waals surface area (Å²) in [6.45, 7) is 4.35. The number of pyridine rings is 1. The van der Waals surface area contributed by atoms with Crippen LogP contribution in [0.15, 0.2) is 72.1 Å². The normalized spacial score (nSPS) is 20.8. The van der Waals surface area contributed by atoms with Gasteiger partial charge in [0.25, 0.3) is 0 Å². The van der Waals surface area contributed by atoms with Crippen molar-refractivity contribution in [2.45, 2.75) is 32.6 Å². The number of Topliss-reactive ketones (excluding diaryl/α,β-unsaturated/α-hetero) is 1. The molecular formula is C24H22N2O. The lowest BCUT2D eigenvalue weighted by molar-refractivity contribution is -0.118. The smallest absolute Gasteiger partial charge is 0.162 e. The summed E-state index contributed by atoms with van der Waals surface area (Å²) >= 11 is 0. The van der Waals surface area contributed by atoms with E-state index in [1.165, 1.54) is 5.56 Å². The molecule has 1 aromatic heterocycles. The van der Waals surface area contributed by atoms with Crippen LogP contribution >= 0.6 is 0 Å². The summed E-state index contributed by atoms with van der Waals surface area (Å²) in [5, 5.41) is 4.72. The number of nitrogens with one attached hydrogen (secondary N) is 1. The molecule has 2 heterocycles. The van der Waals surface area contributed by atoms with Crippen molar-refractivity contribution in [1.29, 1.82) is 0 Å². The minimum Gasteiger partial charge on any atom is -0.358 e. The third-order valence-electron chi connectivity index (χ3n) is 5.74. The second-order valence-corrected chi connectivity index (χ2v) is 8.40. The van der Waals surface area contributed by atoms with Crippen LogP contribution in [-0.4, -0.2) is 10.8 Å². The first-order valence-corrected chi connectivity index (χ1v) is 9.49. The van der Waals surface area contributed by atoms with E-state index in [0.29, 0.717) is 6.42 Å². The molecule has 1 atom stereocenters. The number of hydrogen-bond donors (Lipinski definition) is 1. The minimum absolute atomic E-state index is 0.0138.